The van der Waals surface area contributed by atoms with Crippen LogP contribution in [0.2, 0.25) is 0 Å². The fraction of sp³-hybridized carbons (Fsp3) is 0.647. The number of piperidine rings is 1. The molecule has 0 spiro atoms. The van der Waals surface area contributed by atoms with E-state index < -0.39 is 0 Å². The summed E-state index contributed by atoms with van der Waals surface area (Å²) in [5.41, 5.74) is 4.31. The molecule has 0 bridgehead atoms. The average Bonchev–Trinajstić information content (AvgIpc) is 2.43. The van der Waals surface area contributed by atoms with Gasteiger partial charge in [-0.2, -0.15) is 0 Å². The molecule has 2 heteroatoms. The number of nitrogens with zero attached hydrogens (tertiary/aromatic N) is 1. The first-order valence-corrected chi connectivity index (χ1v) is 7.71. The van der Waals surface area contributed by atoms with Crippen molar-refractivity contribution < 1.29 is 0 Å². The molecule has 1 heterocycles. The molecular weight excluding hydrogens is 232 g/mol. The Balaban J connectivity index is 2.08. The van der Waals surface area contributed by atoms with Crippen molar-refractivity contribution in [1.29, 1.82) is 0 Å². The highest BCUT2D eigenvalue weighted by Crippen LogP contribution is 2.19. The molecule has 2 rings (SSSR count). The van der Waals surface area contributed by atoms with Gasteiger partial charge in [-0.25, -0.2) is 0 Å². The van der Waals surface area contributed by atoms with E-state index in [0.717, 1.165) is 12.6 Å². The topological polar surface area (TPSA) is 15.3 Å². The van der Waals surface area contributed by atoms with Gasteiger partial charge in [-0.15, -0.1) is 0 Å². The van der Waals surface area contributed by atoms with Gasteiger partial charge in [0.25, 0.3) is 0 Å². The highest BCUT2D eigenvalue weighted by molar-refractivity contribution is 5.30. The van der Waals surface area contributed by atoms with E-state index >= 15 is 0 Å². The van der Waals surface area contributed by atoms with E-state index in [2.05, 4.69) is 49.2 Å². The summed E-state index contributed by atoms with van der Waals surface area (Å²) in [6.45, 7) is 11.4. The Kier molecular flexibility index (Phi) is 5.41. The van der Waals surface area contributed by atoms with Gasteiger partial charge >= 0.3 is 0 Å². The molecule has 0 amide bonds. The molecule has 1 aliphatic heterocycles. The number of nitrogens with one attached hydrogen (secondary N) is 1. The van der Waals surface area contributed by atoms with Crippen molar-refractivity contribution in [2.75, 3.05) is 19.6 Å². The highest BCUT2D eigenvalue weighted by atomic mass is 15.2. The lowest BCUT2D eigenvalue weighted by atomic mass is 10.0. The Labute approximate surface area is 118 Å². The van der Waals surface area contributed by atoms with Crippen molar-refractivity contribution in [3.63, 3.8) is 0 Å². The molecule has 0 aliphatic carbocycles. The van der Waals surface area contributed by atoms with Crippen molar-refractivity contribution in [2.45, 2.75) is 52.6 Å². The van der Waals surface area contributed by atoms with Crippen molar-refractivity contribution in [3.05, 3.63) is 34.9 Å². The quantitative estimate of drug-likeness (QED) is 0.874. The summed E-state index contributed by atoms with van der Waals surface area (Å²) >= 11 is 0. The largest absolute Gasteiger partial charge is 0.317 e. The molecule has 2 nitrogen and oxygen atoms in total. The van der Waals surface area contributed by atoms with Crippen LogP contribution >= 0.6 is 0 Å². The molecular formula is C17H28N2. The molecule has 1 aliphatic rings. The van der Waals surface area contributed by atoms with Crippen LogP contribution in [0.25, 0.3) is 0 Å². The standard InChI is InChI=1S/C17H28N2/c1-4-11-19(17-7-9-18-10-8-17)13-16-12-14(2)5-6-15(16)3/h5-6,12,17-18H,4,7-11,13H2,1-3H3. The molecule has 0 atom stereocenters. The van der Waals surface area contributed by atoms with Crippen molar-refractivity contribution in [1.82, 2.24) is 10.2 Å². The lowest BCUT2D eigenvalue weighted by molar-refractivity contribution is 0.154. The van der Waals surface area contributed by atoms with Crippen LogP contribution in [0.4, 0.5) is 0 Å². The van der Waals surface area contributed by atoms with E-state index in [9.17, 15) is 0 Å². The summed E-state index contributed by atoms with van der Waals surface area (Å²) in [5, 5.41) is 3.47. The Hall–Kier alpha value is -0.860. The van der Waals surface area contributed by atoms with E-state index in [1.807, 2.05) is 0 Å². The van der Waals surface area contributed by atoms with E-state index in [0.29, 0.717) is 0 Å². The molecule has 106 valence electrons. The molecule has 1 aromatic carbocycles. The Morgan fingerprint density at radius 3 is 2.63 bits per heavy atom. The van der Waals surface area contributed by atoms with Gasteiger partial charge in [0.05, 0.1) is 0 Å². The van der Waals surface area contributed by atoms with Crippen LogP contribution in [-0.4, -0.2) is 30.6 Å². The zero-order valence-electron chi connectivity index (χ0n) is 12.7. The van der Waals surface area contributed by atoms with Gasteiger partial charge in [0.1, 0.15) is 0 Å². The molecule has 0 unspecified atom stereocenters. The SMILES string of the molecule is CCCN(Cc1cc(C)ccc1C)C1CCNCC1. The third kappa shape index (κ3) is 4.05. The maximum Gasteiger partial charge on any atom is 0.0239 e. The van der Waals surface area contributed by atoms with Crippen LogP contribution in [0.3, 0.4) is 0 Å². The van der Waals surface area contributed by atoms with Gasteiger partial charge in [-0.3, -0.25) is 4.90 Å². The summed E-state index contributed by atoms with van der Waals surface area (Å²) < 4.78 is 0. The Morgan fingerprint density at radius 2 is 1.95 bits per heavy atom. The van der Waals surface area contributed by atoms with E-state index in [1.165, 1.54) is 55.6 Å². The third-order valence-electron chi connectivity index (χ3n) is 4.21. The molecule has 19 heavy (non-hydrogen) atoms. The molecule has 1 aromatic rings. The molecule has 1 saturated heterocycles. The minimum absolute atomic E-state index is 0.765. The predicted molar refractivity (Wildman–Crippen MR) is 82.5 cm³/mol. The summed E-state index contributed by atoms with van der Waals surface area (Å²) in [6, 6.07) is 7.60. The van der Waals surface area contributed by atoms with Gasteiger partial charge in [0.15, 0.2) is 0 Å². The zero-order chi connectivity index (χ0) is 13.7. The maximum absolute atomic E-state index is 3.47. The number of rotatable bonds is 5. The van der Waals surface area contributed by atoms with E-state index in [4.69, 9.17) is 0 Å². The number of hydrogen-bond donors (Lipinski definition) is 1. The molecule has 0 aromatic heterocycles. The second-order valence-electron chi connectivity index (χ2n) is 5.88. The second-order valence-corrected chi connectivity index (χ2v) is 5.88. The first-order valence-electron chi connectivity index (χ1n) is 7.71. The van der Waals surface area contributed by atoms with Gasteiger partial charge in [0, 0.05) is 12.6 Å². The van der Waals surface area contributed by atoms with Gasteiger partial charge in [-0.1, -0.05) is 30.7 Å². The van der Waals surface area contributed by atoms with Gasteiger partial charge in [-0.05, 0) is 63.9 Å². The summed E-state index contributed by atoms with van der Waals surface area (Å²) in [7, 11) is 0. The Bertz CT molecular complexity index is 394. The van der Waals surface area contributed by atoms with Crippen LogP contribution in [0, 0.1) is 13.8 Å². The minimum atomic E-state index is 0.765. The normalized spacial score (nSPS) is 17.1. The van der Waals surface area contributed by atoms with Crippen molar-refractivity contribution in [3.8, 4) is 0 Å². The summed E-state index contributed by atoms with van der Waals surface area (Å²) in [5.74, 6) is 0. The van der Waals surface area contributed by atoms with Crippen molar-refractivity contribution >= 4 is 0 Å². The highest BCUT2D eigenvalue weighted by Gasteiger charge is 2.20. The van der Waals surface area contributed by atoms with Crippen LogP contribution in [0.1, 0.15) is 42.9 Å². The predicted octanol–water partition coefficient (Wildman–Crippen LogP) is 3.27. The average molecular weight is 260 g/mol. The minimum Gasteiger partial charge on any atom is -0.317 e. The number of benzene rings is 1. The van der Waals surface area contributed by atoms with Crippen LogP contribution in [-0.2, 0) is 6.54 Å². The Morgan fingerprint density at radius 1 is 1.21 bits per heavy atom. The smallest absolute Gasteiger partial charge is 0.0239 e. The second kappa shape index (κ2) is 7.06. The first-order chi connectivity index (χ1) is 9.20. The third-order valence-corrected chi connectivity index (χ3v) is 4.21. The molecule has 1 N–H and O–H groups in total. The van der Waals surface area contributed by atoms with E-state index in [-0.39, 0.29) is 0 Å². The van der Waals surface area contributed by atoms with E-state index in [1.54, 1.807) is 0 Å². The van der Waals surface area contributed by atoms with Gasteiger partial charge < -0.3 is 5.32 Å². The van der Waals surface area contributed by atoms with Gasteiger partial charge in [0.2, 0.25) is 0 Å². The molecule has 0 saturated carbocycles. The van der Waals surface area contributed by atoms with Crippen LogP contribution < -0.4 is 5.32 Å². The maximum atomic E-state index is 3.47. The monoisotopic (exact) mass is 260 g/mol. The fourth-order valence-electron chi connectivity index (χ4n) is 3.04. The number of aryl methyl sites for hydroxylation is 2. The molecule has 1 fully saturated rings. The molecule has 0 radical (unpaired) electrons. The number of hydrogen-bond acceptors (Lipinski definition) is 2. The zero-order valence-corrected chi connectivity index (χ0v) is 12.7. The van der Waals surface area contributed by atoms with Crippen LogP contribution in [0.15, 0.2) is 18.2 Å². The summed E-state index contributed by atoms with van der Waals surface area (Å²) in [4.78, 5) is 2.70. The first kappa shape index (κ1) is 14.5. The van der Waals surface area contributed by atoms with Crippen LogP contribution in [0.5, 0.6) is 0 Å². The lowest BCUT2D eigenvalue weighted by Gasteiger charge is -2.35. The lowest BCUT2D eigenvalue weighted by Crippen LogP contribution is -2.43. The van der Waals surface area contributed by atoms with Crippen molar-refractivity contribution in [2.24, 2.45) is 0 Å². The fourth-order valence-corrected chi connectivity index (χ4v) is 3.04. The summed E-state index contributed by atoms with van der Waals surface area (Å²) in [6.07, 6.45) is 3.84.